The van der Waals surface area contributed by atoms with Gasteiger partial charge in [0.25, 0.3) is 5.69 Å². The average molecular weight is 364 g/mol. The SMILES string of the molecule is CN1CCN(c2nc(Nc3ccccc3)c3ccc([N+](=O)[O-])cc3n2)CC1. The molecule has 0 saturated carbocycles. The molecule has 0 amide bonds. The first-order valence-electron chi connectivity index (χ1n) is 8.82. The van der Waals surface area contributed by atoms with Gasteiger partial charge in [-0.3, -0.25) is 10.1 Å². The number of benzene rings is 2. The zero-order valence-corrected chi connectivity index (χ0v) is 15.0. The third-order valence-electron chi connectivity index (χ3n) is 4.70. The van der Waals surface area contributed by atoms with Crippen LogP contribution in [0.4, 0.5) is 23.1 Å². The molecule has 0 radical (unpaired) electrons. The van der Waals surface area contributed by atoms with Crippen molar-refractivity contribution in [2.75, 3.05) is 43.4 Å². The van der Waals surface area contributed by atoms with Gasteiger partial charge < -0.3 is 15.1 Å². The fourth-order valence-corrected chi connectivity index (χ4v) is 3.12. The summed E-state index contributed by atoms with van der Waals surface area (Å²) in [4.78, 5) is 24.5. The molecule has 0 spiro atoms. The Morgan fingerprint density at radius 2 is 1.78 bits per heavy atom. The van der Waals surface area contributed by atoms with E-state index < -0.39 is 4.92 Å². The Morgan fingerprint density at radius 3 is 2.48 bits per heavy atom. The molecule has 8 nitrogen and oxygen atoms in total. The summed E-state index contributed by atoms with van der Waals surface area (Å²) in [6, 6.07) is 14.4. The van der Waals surface area contributed by atoms with E-state index in [1.54, 1.807) is 6.07 Å². The second-order valence-corrected chi connectivity index (χ2v) is 6.61. The number of piperazine rings is 1. The maximum Gasteiger partial charge on any atom is 0.271 e. The molecule has 1 N–H and O–H groups in total. The van der Waals surface area contributed by atoms with Gasteiger partial charge in [0.15, 0.2) is 0 Å². The van der Waals surface area contributed by atoms with Gasteiger partial charge in [-0.15, -0.1) is 0 Å². The van der Waals surface area contributed by atoms with Gasteiger partial charge in [0.1, 0.15) is 5.82 Å². The normalized spacial score (nSPS) is 15.1. The number of nitrogens with zero attached hydrogens (tertiary/aromatic N) is 5. The van der Waals surface area contributed by atoms with Crippen LogP contribution in [-0.2, 0) is 0 Å². The molecule has 0 unspecified atom stereocenters. The highest BCUT2D eigenvalue weighted by molar-refractivity contribution is 5.93. The third-order valence-corrected chi connectivity index (χ3v) is 4.70. The van der Waals surface area contributed by atoms with Crippen LogP contribution < -0.4 is 10.2 Å². The first kappa shape index (κ1) is 17.2. The lowest BCUT2D eigenvalue weighted by atomic mass is 10.2. The van der Waals surface area contributed by atoms with Crippen molar-refractivity contribution in [1.29, 1.82) is 0 Å². The number of rotatable bonds is 4. The number of non-ortho nitro benzene ring substituents is 1. The first-order valence-corrected chi connectivity index (χ1v) is 8.82. The van der Waals surface area contributed by atoms with Crippen molar-refractivity contribution in [3.63, 3.8) is 0 Å². The van der Waals surface area contributed by atoms with Crippen molar-refractivity contribution in [3.05, 3.63) is 58.6 Å². The van der Waals surface area contributed by atoms with Crippen LogP contribution in [0.2, 0.25) is 0 Å². The molecule has 1 saturated heterocycles. The van der Waals surface area contributed by atoms with E-state index in [9.17, 15) is 10.1 Å². The monoisotopic (exact) mass is 364 g/mol. The minimum absolute atomic E-state index is 0.0242. The van der Waals surface area contributed by atoms with Crippen molar-refractivity contribution in [1.82, 2.24) is 14.9 Å². The third kappa shape index (κ3) is 3.65. The van der Waals surface area contributed by atoms with Crippen LogP contribution in [0.15, 0.2) is 48.5 Å². The summed E-state index contributed by atoms with van der Waals surface area (Å²) in [6.45, 7) is 3.50. The molecule has 0 bridgehead atoms. The molecule has 0 atom stereocenters. The highest BCUT2D eigenvalue weighted by atomic mass is 16.6. The lowest BCUT2D eigenvalue weighted by Gasteiger charge is -2.32. The molecule has 1 aliphatic heterocycles. The molecule has 2 aromatic carbocycles. The molecule has 8 heteroatoms. The average Bonchev–Trinajstić information content (AvgIpc) is 2.68. The van der Waals surface area contributed by atoms with Crippen LogP contribution in [0.5, 0.6) is 0 Å². The fraction of sp³-hybridized carbons (Fsp3) is 0.263. The number of anilines is 3. The molecule has 27 heavy (non-hydrogen) atoms. The maximum absolute atomic E-state index is 11.2. The van der Waals surface area contributed by atoms with Gasteiger partial charge in [0, 0.05) is 49.4 Å². The number of nitrogens with one attached hydrogen (secondary N) is 1. The number of hydrogen-bond acceptors (Lipinski definition) is 7. The predicted octanol–water partition coefficient (Wildman–Crippen LogP) is 3.03. The summed E-state index contributed by atoms with van der Waals surface area (Å²) in [5, 5.41) is 15.3. The van der Waals surface area contributed by atoms with Gasteiger partial charge >= 0.3 is 0 Å². The smallest absolute Gasteiger partial charge is 0.271 e. The van der Waals surface area contributed by atoms with Crippen LogP contribution in [-0.4, -0.2) is 53.0 Å². The van der Waals surface area contributed by atoms with Gasteiger partial charge in [-0.1, -0.05) is 18.2 Å². The molecule has 1 aliphatic rings. The number of aromatic nitrogens is 2. The van der Waals surface area contributed by atoms with Crippen molar-refractivity contribution in [2.45, 2.75) is 0 Å². The van der Waals surface area contributed by atoms with Crippen molar-refractivity contribution in [2.24, 2.45) is 0 Å². The van der Waals surface area contributed by atoms with E-state index in [0.29, 0.717) is 17.3 Å². The second kappa shape index (κ2) is 7.16. The van der Waals surface area contributed by atoms with Crippen LogP contribution >= 0.6 is 0 Å². The fourth-order valence-electron chi connectivity index (χ4n) is 3.12. The Bertz CT molecular complexity index is 971. The Morgan fingerprint density at radius 1 is 1.04 bits per heavy atom. The minimum atomic E-state index is -0.401. The Balaban J connectivity index is 1.79. The van der Waals surface area contributed by atoms with E-state index in [-0.39, 0.29) is 5.69 Å². The zero-order valence-electron chi connectivity index (χ0n) is 15.0. The largest absolute Gasteiger partial charge is 0.340 e. The summed E-state index contributed by atoms with van der Waals surface area (Å²) in [5.74, 6) is 1.24. The molecular weight excluding hydrogens is 344 g/mol. The quantitative estimate of drug-likeness (QED) is 0.562. The van der Waals surface area contributed by atoms with Crippen LogP contribution in [0, 0.1) is 10.1 Å². The van der Waals surface area contributed by atoms with E-state index in [2.05, 4.69) is 27.1 Å². The summed E-state index contributed by atoms with van der Waals surface area (Å²) in [6.07, 6.45) is 0. The summed E-state index contributed by atoms with van der Waals surface area (Å²) in [5.41, 5.74) is 1.49. The highest BCUT2D eigenvalue weighted by Gasteiger charge is 2.19. The van der Waals surface area contributed by atoms with Crippen LogP contribution in [0.25, 0.3) is 10.9 Å². The molecule has 0 aliphatic carbocycles. The van der Waals surface area contributed by atoms with E-state index in [1.807, 2.05) is 30.3 Å². The number of hydrogen-bond donors (Lipinski definition) is 1. The summed E-state index contributed by atoms with van der Waals surface area (Å²) >= 11 is 0. The predicted molar refractivity (Wildman–Crippen MR) is 106 cm³/mol. The van der Waals surface area contributed by atoms with Crippen LogP contribution in [0.1, 0.15) is 0 Å². The maximum atomic E-state index is 11.2. The minimum Gasteiger partial charge on any atom is -0.340 e. The number of fused-ring (bicyclic) bond motifs is 1. The Hall–Kier alpha value is -3.26. The molecule has 1 aromatic heterocycles. The van der Waals surface area contributed by atoms with Gasteiger partial charge in [-0.2, -0.15) is 4.98 Å². The lowest BCUT2D eigenvalue weighted by molar-refractivity contribution is -0.384. The topological polar surface area (TPSA) is 87.4 Å². The Kier molecular flexibility index (Phi) is 4.55. The van der Waals surface area contributed by atoms with E-state index in [0.717, 1.165) is 37.3 Å². The van der Waals surface area contributed by atoms with Gasteiger partial charge in [0.2, 0.25) is 5.95 Å². The molecule has 138 valence electrons. The molecule has 1 fully saturated rings. The lowest BCUT2D eigenvalue weighted by Crippen LogP contribution is -2.45. The van der Waals surface area contributed by atoms with Crippen molar-refractivity contribution in [3.8, 4) is 0 Å². The molecule has 3 aromatic rings. The number of nitro groups is 1. The summed E-state index contributed by atoms with van der Waals surface area (Å²) in [7, 11) is 2.09. The molecule has 4 rings (SSSR count). The summed E-state index contributed by atoms with van der Waals surface area (Å²) < 4.78 is 0. The number of nitro benzene ring substituents is 1. The Labute approximate surface area is 156 Å². The standard InChI is InChI=1S/C19H20N6O2/c1-23-9-11-24(12-10-23)19-21-17-13-15(25(26)27)7-8-16(17)18(22-19)20-14-5-3-2-4-6-14/h2-8,13H,9-12H2,1H3,(H,20,21,22). The van der Waals surface area contributed by atoms with Crippen molar-refractivity contribution < 1.29 is 4.92 Å². The first-order chi connectivity index (χ1) is 13.1. The van der Waals surface area contributed by atoms with Gasteiger partial charge in [0.05, 0.1) is 10.4 Å². The number of para-hydroxylation sites is 1. The number of likely N-dealkylation sites (N-methyl/N-ethyl adjacent to an activating group) is 1. The highest BCUT2D eigenvalue weighted by Crippen LogP contribution is 2.29. The van der Waals surface area contributed by atoms with Crippen LogP contribution in [0.3, 0.4) is 0 Å². The van der Waals surface area contributed by atoms with Gasteiger partial charge in [-0.05, 0) is 25.2 Å². The molecule has 2 heterocycles. The molecular formula is C19H20N6O2. The van der Waals surface area contributed by atoms with Gasteiger partial charge in [-0.25, -0.2) is 4.98 Å². The second-order valence-electron chi connectivity index (χ2n) is 6.61. The van der Waals surface area contributed by atoms with E-state index >= 15 is 0 Å². The zero-order chi connectivity index (χ0) is 18.8. The van der Waals surface area contributed by atoms with Crippen molar-refractivity contribution >= 4 is 34.0 Å². The van der Waals surface area contributed by atoms with E-state index in [4.69, 9.17) is 4.98 Å². The van der Waals surface area contributed by atoms with E-state index in [1.165, 1.54) is 12.1 Å².